The Morgan fingerprint density at radius 2 is 2.18 bits per heavy atom. The molecule has 2 rings (SSSR count). The van der Waals surface area contributed by atoms with E-state index < -0.39 is 0 Å². The van der Waals surface area contributed by atoms with Crippen LogP contribution in [0.2, 0.25) is 0 Å². The van der Waals surface area contributed by atoms with Crippen LogP contribution in [0.3, 0.4) is 0 Å². The number of nitriles is 1. The highest BCUT2D eigenvalue weighted by molar-refractivity contribution is 5.95. The predicted octanol–water partition coefficient (Wildman–Crippen LogP) is 0.499. The molecule has 1 amide bonds. The van der Waals surface area contributed by atoms with Crippen LogP contribution < -0.4 is 5.32 Å². The summed E-state index contributed by atoms with van der Waals surface area (Å²) in [5.74, 6) is -0.332. The molecule has 0 saturated carbocycles. The van der Waals surface area contributed by atoms with Gasteiger partial charge in [0, 0.05) is 19.4 Å². The number of nitrogens with one attached hydrogen (secondary N) is 1. The Balaban J connectivity index is 2.55. The van der Waals surface area contributed by atoms with Gasteiger partial charge in [-0.2, -0.15) is 10.4 Å². The molecule has 6 heteroatoms. The fourth-order valence-electron chi connectivity index (χ4n) is 1.44. The Morgan fingerprint density at radius 3 is 2.76 bits per heavy atom. The van der Waals surface area contributed by atoms with Crippen molar-refractivity contribution in [2.45, 2.75) is 0 Å². The molecule has 0 bridgehead atoms. The number of amides is 1. The average molecular weight is 227 g/mol. The summed E-state index contributed by atoms with van der Waals surface area (Å²) in [6, 6.07) is 5.40. The quantitative estimate of drug-likeness (QED) is 0.809. The number of pyridine rings is 1. The Labute approximate surface area is 97.5 Å². The molecule has 6 nitrogen and oxygen atoms in total. The van der Waals surface area contributed by atoms with Crippen LogP contribution in [0.25, 0.3) is 5.69 Å². The van der Waals surface area contributed by atoms with E-state index in [0.717, 1.165) is 0 Å². The van der Waals surface area contributed by atoms with Crippen molar-refractivity contribution < 1.29 is 4.79 Å². The van der Waals surface area contributed by atoms with Crippen LogP contribution in [0, 0.1) is 11.3 Å². The van der Waals surface area contributed by atoms with Gasteiger partial charge in [0.1, 0.15) is 6.07 Å². The molecule has 0 fully saturated rings. The number of rotatable bonds is 2. The summed E-state index contributed by atoms with van der Waals surface area (Å²) >= 11 is 0. The lowest BCUT2D eigenvalue weighted by Crippen LogP contribution is -2.18. The smallest absolute Gasteiger partial charge is 0.255 e. The summed E-state index contributed by atoms with van der Waals surface area (Å²) in [5, 5.41) is 15.6. The van der Waals surface area contributed by atoms with Crippen LogP contribution in [-0.4, -0.2) is 27.7 Å². The van der Waals surface area contributed by atoms with Crippen molar-refractivity contribution in [2.24, 2.45) is 0 Å². The molecule has 0 atom stereocenters. The van der Waals surface area contributed by atoms with Gasteiger partial charge in [0.2, 0.25) is 0 Å². The molecule has 1 N–H and O–H groups in total. The summed E-state index contributed by atoms with van der Waals surface area (Å²) in [7, 11) is 1.51. The minimum absolute atomic E-state index is 0.204. The second-order valence-electron chi connectivity index (χ2n) is 3.21. The van der Waals surface area contributed by atoms with Crippen molar-refractivity contribution in [3.63, 3.8) is 0 Å². The lowest BCUT2D eigenvalue weighted by Gasteiger charge is -2.02. The van der Waals surface area contributed by atoms with Crippen LogP contribution in [-0.2, 0) is 0 Å². The number of carbonyl (C=O) groups is 1. The van der Waals surface area contributed by atoms with E-state index >= 15 is 0 Å². The Bertz CT molecular complexity index is 582. The van der Waals surface area contributed by atoms with E-state index in [1.165, 1.54) is 17.9 Å². The zero-order chi connectivity index (χ0) is 12.3. The molecule has 0 aliphatic carbocycles. The minimum Gasteiger partial charge on any atom is -0.355 e. The van der Waals surface area contributed by atoms with Crippen LogP contribution in [0.5, 0.6) is 0 Å². The number of hydrogen-bond donors (Lipinski definition) is 1. The molecule has 0 saturated heterocycles. The molecule has 17 heavy (non-hydrogen) atoms. The monoisotopic (exact) mass is 227 g/mol. The molecule has 0 spiro atoms. The van der Waals surface area contributed by atoms with Gasteiger partial charge in [-0.3, -0.25) is 9.78 Å². The molecule has 0 aliphatic heterocycles. The highest BCUT2D eigenvalue weighted by Crippen LogP contribution is 2.13. The highest BCUT2D eigenvalue weighted by Gasteiger charge is 2.16. The molecule has 0 radical (unpaired) electrons. The van der Waals surface area contributed by atoms with Gasteiger partial charge in [0.05, 0.1) is 17.4 Å². The first-order chi connectivity index (χ1) is 8.27. The van der Waals surface area contributed by atoms with Gasteiger partial charge in [-0.05, 0) is 12.1 Å². The van der Waals surface area contributed by atoms with E-state index in [1.807, 2.05) is 6.07 Å². The second kappa shape index (κ2) is 4.45. The molecule has 2 aromatic heterocycles. The van der Waals surface area contributed by atoms with Gasteiger partial charge in [-0.25, -0.2) is 4.68 Å². The van der Waals surface area contributed by atoms with Gasteiger partial charge in [-0.1, -0.05) is 0 Å². The maximum Gasteiger partial charge on any atom is 0.255 e. The zero-order valence-corrected chi connectivity index (χ0v) is 9.08. The largest absolute Gasteiger partial charge is 0.355 e. The first-order valence-electron chi connectivity index (χ1n) is 4.88. The Hall–Kier alpha value is -2.68. The Kier molecular flexibility index (Phi) is 2.83. The normalized spacial score (nSPS) is 9.65. The number of nitrogens with zero attached hydrogens (tertiary/aromatic N) is 4. The van der Waals surface area contributed by atoms with Crippen LogP contribution in [0.15, 0.2) is 30.7 Å². The summed E-state index contributed by atoms with van der Waals surface area (Å²) < 4.78 is 1.41. The van der Waals surface area contributed by atoms with E-state index in [9.17, 15) is 4.79 Å². The van der Waals surface area contributed by atoms with Crippen molar-refractivity contribution >= 4 is 5.91 Å². The molecule has 2 heterocycles. The van der Waals surface area contributed by atoms with E-state index in [-0.39, 0.29) is 17.2 Å². The third-order valence-electron chi connectivity index (χ3n) is 2.25. The molecule has 84 valence electrons. The Morgan fingerprint density at radius 1 is 1.47 bits per heavy atom. The number of aromatic nitrogens is 3. The van der Waals surface area contributed by atoms with Gasteiger partial charge < -0.3 is 5.32 Å². The molecular formula is C11H9N5O. The van der Waals surface area contributed by atoms with Gasteiger partial charge >= 0.3 is 0 Å². The van der Waals surface area contributed by atoms with Crippen molar-refractivity contribution in [3.8, 4) is 11.8 Å². The topological polar surface area (TPSA) is 83.6 Å². The zero-order valence-electron chi connectivity index (χ0n) is 9.08. The fraction of sp³-hybridized carbons (Fsp3) is 0.0909. The van der Waals surface area contributed by atoms with Crippen molar-refractivity contribution in [3.05, 3.63) is 42.0 Å². The third-order valence-corrected chi connectivity index (χ3v) is 2.25. The fourth-order valence-corrected chi connectivity index (χ4v) is 1.44. The van der Waals surface area contributed by atoms with Crippen molar-refractivity contribution in [2.75, 3.05) is 7.05 Å². The lowest BCUT2D eigenvalue weighted by molar-refractivity contribution is 0.0963. The summed E-state index contributed by atoms with van der Waals surface area (Å²) in [6.45, 7) is 0. The van der Waals surface area contributed by atoms with Crippen LogP contribution in [0.4, 0.5) is 0 Å². The maximum atomic E-state index is 11.5. The lowest BCUT2D eigenvalue weighted by atomic mass is 10.2. The van der Waals surface area contributed by atoms with Crippen LogP contribution in [0.1, 0.15) is 16.1 Å². The summed E-state index contributed by atoms with van der Waals surface area (Å²) in [5.41, 5.74) is 1.15. The minimum atomic E-state index is -0.332. The number of carbonyl (C=O) groups excluding carboxylic acids is 1. The standard InChI is InChI=1S/C11H9N5O/c1-13-11(17)9-7-15-16(10(9)6-12)8-2-4-14-5-3-8/h2-5,7H,1H3,(H,13,17). The maximum absolute atomic E-state index is 11.5. The first kappa shape index (κ1) is 10.8. The highest BCUT2D eigenvalue weighted by atomic mass is 16.1. The number of hydrogen-bond acceptors (Lipinski definition) is 4. The summed E-state index contributed by atoms with van der Waals surface area (Å²) in [6.07, 6.45) is 4.56. The van der Waals surface area contributed by atoms with Crippen molar-refractivity contribution in [1.82, 2.24) is 20.1 Å². The second-order valence-corrected chi connectivity index (χ2v) is 3.21. The van der Waals surface area contributed by atoms with Gasteiger partial charge in [0.15, 0.2) is 5.69 Å². The molecule has 0 aliphatic rings. The SMILES string of the molecule is CNC(=O)c1cnn(-c2ccncc2)c1C#N. The van der Waals surface area contributed by atoms with E-state index in [1.54, 1.807) is 24.5 Å². The van der Waals surface area contributed by atoms with Gasteiger partial charge in [-0.15, -0.1) is 0 Å². The first-order valence-corrected chi connectivity index (χ1v) is 4.88. The van der Waals surface area contributed by atoms with Gasteiger partial charge in [0.25, 0.3) is 5.91 Å². The third kappa shape index (κ3) is 1.86. The van der Waals surface area contributed by atoms with E-state index in [2.05, 4.69) is 15.4 Å². The van der Waals surface area contributed by atoms with E-state index in [4.69, 9.17) is 5.26 Å². The molecule has 2 aromatic rings. The molecular weight excluding hydrogens is 218 g/mol. The molecule has 0 unspecified atom stereocenters. The summed E-state index contributed by atoms with van der Waals surface area (Å²) in [4.78, 5) is 15.4. The predicted molar refractivity (Wildman–Crippen MR) is 59.5 cm³/mol. The molecule has 0 aromatic carbocycles. The van der Waals surface area contributed by atoms with Crippen molar-refractivity contribution in [1.29, 1.82) is 5.26 Å². The van der Waals surface area contributed by atoms with E-state index in [0.29, 0.717) is 5.69 Å². The average Bonchev–Trinajstić information content (AvgIpc) is 2.82. The van der Waals surface area contributed by atoms with Crippen LogP contribution >= 0.6 is 0 Å².